The van der Waals surface area contributed by atoms with E-state index in [4.69, 9.17) is 0 Å². The molecule has 86 valence electrons. The van der Waals surface area contributed by atoms with E-state index in [1.165, 1.54) is 0 Å². The number of rotatable bonds is 2. The molecule has 0 unspecified atom stereocenters. The van der Waals surface area contributed by atoms with E-state index in [1.807, 2.05) is 21.5 Å². The summed E-state index contributed by atoms with van der Waals surface area (Å²) >= 11 is 0. The molecular formula is C12H13N5. The van der Waals surface area contributed by atoms with Crippen LogP contribution in [0.5, 0.6) is 0 Å². The first-order valence-electron chi connectivity index (χ1n) is 5.58. The maximum absolute atomic E-state index is 4.53. The molecule has 0 spiro atoms. The Morgan fingerprint density at radius 3 is 2.76 bits per heavy atom. The van der Waals surface area contributed by atoms with Gasteiger partial charge in [-0.3, -0.25) is 4.57 Å². The lowest BCUT2D eigenvalue weighted by molar-refractivity contribution is 0.785. The molecule has 0 saturated carbocycles. The van der Waals surface area contributed by atoms with Crippen LogP contribution in [0.15, 0.2) is 37.2 Å². The fourth-order valence-corrected chi connectivity index (χ4v) is 1.79. The van der Waals surface area contributed by atoms with Crippen molar-refractivity contribution < 1.29 is 0 Å². The number of hydrogen-bond acceptors (Lipinski definition) is 3. The third kappa shape index (κ3) is 1.60. The summed E-state index contributed by atoms with van der Waals surface area (Å²) in [5, 5.41) is 4.53. The van der Waals surface area contributed by atoms with Crippen LogP contribution in [-0.4, -0.2) is 24.1 Å². The van der Waals surface area contributed by atoms with Crippen LogP contribution < -0.4 is 0 Å². The van der Waals surface area contributed by atoms with Crippen LogP contribution in [0.2, 0.25) is 0 Å². The summed E-state index contributed by atoms with van der Waals surface area (Å²) in [5.74, 6) is 1.26. The minimum Gasteiger partial charge on any atom is -0.289 e. The molecule has 0 bridgehead atoms. The predicted molar refractivity (Wildman–Crippen MR) is 64.2 cm³/mol. The molecule has 0 amide bonds. The predicted octanol–water partition coefficient (Wildman–Crippen LogP) is 2.04. The van der Waals surface area contributed by atoms with Crippen molar-refractivity contribution in [2.45, 2.75) is 19.8 Å². The molecule has 5 heteroatoms. The van der Waals surface area contributed by atoms with E-state index < -0.39 is 0 Å². The van der Waals surface area contributed by atoms with Crippen LogP contribution >= 0.6 is 0 Å². The second-order valence-corrected chi connectivity index (χ2v) is 4.27. The molecule has 0 aliphatic heterocycles. The molecule has 0 aromatic carbocycles. The van der Waals surface area contributed by atoms with Crippen LogP contribution in [-0.2, 0) is 0 Å². The Kier molecular flexibility index (Phi) is 2.18. The average molecular weight is 227 g/mol. The molecule has 0 saturated heterocycles. The Labute approximate surface area is 98.7 Å². The summed E-state index contributed by atoms with van der Waals surface area (Å²) in [4.78, 5) is 8.42. The second-order valence-electron chi connectivity index (χ2n) is 4.27. The van der Waals surface area contributed by atoms with Gasteiger partial charge in [-0.15, -0.1) is 0 Å². The maximum Gasteiger partial charge on any atom is 0.164 e. The Morgan fingerprint density at radius 1 is 1.18 bits per heavy atom. The van der Waals surface area contributed by atoms with Crippen molar-refractivity contribution in [3.8, 4) is 5.82 Å². The first-order valence-corrected chi connectivity index (χ1v) is 5.58. The molecule has 3 heterocycles. The number of fused-ring (bicyclic) bond motifs is 1. The summed E-state index contributed by atoms with van der Waals surface area (Å²) in [7, 11) is 0. The first kappa shape index (κ1) is 10.0. The summed E-state index contributed by atoms with van der Waals surface area (Å²) in [5.41, 5.74) is 2.06. The fraction of sp³-hybridized carbons (Fsp3) is 0.250. The van der Waals surface area contributed by atoms with Gasteiger partial charge < -0.3 is 0 Å². The van der Waals surface area contributed by atoms with Gasteiger partial charge in [0, 0.05) is 24.8 Å². The zero-order chi connectivity index (χ0) is 11.8. The average Bonchev–Trinajstić information content (AvgIpc) is 2.97. The highest BCUT2D eigenvalue weighted by atomic mass is 15.2. The minimum absolute atomic E-state index is 0.408. The van der Waals surface area contributed by atoms with Crippen LogP contribution in [0.25, 0.3) is 11.3 Å². The van der Waals surface area contributed by atoms with Crippen LogP contribution in [0.1, 0.15) is 25.5 Å². The number of hydrogen-bond donors (Lipinski definition) is 0. The van der Waals surface area contributed by atoms with E-state index in [-0.39, 0.29) is 0 Å². The minimum atomic E-state index is 0.408. The maximum atomic E-state index is 4.53. The molecule has 0 N–H and O–H groups in total. The molecule has 0 aliphatic rings. The van der Waals surface area contributed by atoms with Gasteiger partial charge in [-0.25, -0.2) is 14.5 Å². The summed E-state index contributed by atoms with van der Waals surface area (Å²) in [6.07, 6.45) is 8.97. The highest BCUT2D eigenvalue weighted by Crippen LogP contribution is 2.18. The molecule has 3 aromatic rings. The van der Waals surface area contributed by atoms with Crippen molar-refractivity contribution in [1.82, 2.24) is 24.1 Å². The number of aromatic nitrogens is 5. The van der Waals surface area contributed by atoms with E-state index >= 15 is 0 Å². The smallest absolute Gasteiger partial charge is 0.164 e. The standard InChI is InChI=1S/C12H13N5/c1-9(2)10-7-11-12(16-5-3-13-8-16)14-4-6-17(11)15-10/h3-9H,1-2H3. The largest absolute Gasteiger partial charge is 0.289 e. The van der Waals surface area contributed by atoms with Gasteiger partial charge in [0.05, 0.1) is 5.69 Å². The Morgan fingerprint density at radius 2 is 2.06 bits per heavy atom. The zero-order valence-electron chi connectivity index (χ0n) is 9.78. The van der Waals surface area contributed by atoms with Crippen molar-refractivity contribution in [1.29, 1.82) is 0 Å². The van der Waals surface area contributed by atoms with Crippen molar-refractivity contribution >= 4 is 5.52 Å². The van der Waals surface area contributed by atoms with Gasteiger partial charge >= 0.3 is 0 Å². The van der Waals surface area contributed by atoms with Crippen LogP contribution in [0.4, 0.5) is 0 Å². The van der Waals surface area contributed by atoms with Crippen molar-refractivity contribution in [3.63, 3.8) is 0 Å². The Hall–Kier alpha value is -2.17. The quantitative estimate of drug-likeness (QED) is 0.673. The molecule has 0 atom stereocenters. The van der Waals surface area contributed by atoms with E-state index in [1.54, 1.807) is 18.7 Å². The van der Waals surface area contributed by atoms with Gasteiger partial charge in [-0.2, -0.15) is 5.10 Å². The monoisotopic (exact) mass is 227 g/mol. The van der Waals surface area contributed by atoms with Gasteiger partial charge in [0.15, 0.2) is 5.82 Å². The number of nitrogens with zero attached hydrogens (tertiary/aromatic N) is 5. The summed E-state index contributed by atoms with van der Waals surface area (Å²) in [6, 6.07) is 2.08. The number of imidazole rings is 1. The molecule has 3 aromatic heterocycles. The Balaban J connectivity index is 2.25. The van der Waals surface area contributed by atoms with Crippen molar-refractivity contribution in [2.75, 3.05) is 0 Å². The highest BCUT2D eigenvalue weighted by Gasteiger charge is 2.10. The van der Waals surface area contributed by atoms with E-state index in [2.05, 4.69) is 35.0 Å². The molecule has 17 heavy (non-hydrogen) atoms. The first-order chi connectivity index (χ1) is 8.25. The Bertz CT molecular complexity index is 636. The van der Waals surface area contributed by atoms with Gasteiger partial charge in [0.1, 0.15) is 11.8 Å². The molecule has 5 nitrogen and oxygen atoms in total. The summed E-state index contributed by atoms with van der Waals surface area (Å²) < 4.78 is 3.75. The fourth-order valence-electron chi connectivity index (χ4n) is 1.79. The SMILES string of the molecule is CC(C)c1cc2c(-n3ccnc3)nccn2n1. The van der Waals surface area contributed by atoms with Crippen molar-refractivity contribution in [2.24, 2.45) is 0 Å². The van der Waals surface area contributed by atoms with E-state index in [0.29, 0.717) is 5.92 Å². The van der Waals surface area contributed by atoms with Gasteiger partial charge in [0.25, 0.3) is 0 Å². The normalized spacial score (nSPS) is 11.5. The molecule has 0 fully saturated rings. The third-order valence-electron chi connectivity index (χ3n) is 2.73. The van der Waals surface area contributed by atoms with Crippen LogP contribution in [0, 0.1) is 0 Å². The highest BCUT2D eigenvalue weighted by molar-refractivity contribution is 5.61. The molecular weight excluding hydrogens is 214 g/mol. The van der Waals surface area contributed by atoms with Gasteiger partial charge in [0.2, 0.25) is 0 Å². The zero-order valence-corrected chi connectivity index (χ0v) is 9.78. The topological polar surface area (TPSA) is 48.0 Å². The van der Waals surface area contributed by atoms with Gasteiger partial charge in [-0.1, -0.05) is 13.8 Å². The lowest BCUT2D eigenvalue weighted by atomic mass is 10.1. The van der Waals surface area contributed by atoms with E-state index in [9.17, 15) is 0 Å². The molecule has 0 radical (unpaired) electrons. The van der Waals surface area contributed by atoms with Crippen LogP contribution in [0.3, 0.4) is 0 Å². The van der Waals surface area contributed by atoms with E-state index in [0.717, 1.165) is 17.0 Å². The van der Waals surface area contributed by atoms with Crippen molar-refractivity contribution in [3.05, 3.63) is 42.9 Å². The lowest BCUT2D eigenvalue weighted by Crippen LogP contribution is -1.98. The van der Waals surface area contributed by atoms with Gasteiger partial charge in [-0.05, 0) is 12.0 Å². The molecule has 0 aliphatic carbocycles. The second kappa shape index (κ2) is 3.69. The lowest BCUT2D eigenvalue weighted by Gasteiger charge is -2.01. The molecule has 3 rings (SSSR count). The third-order valence-corrected chi connectivity index (χ3v) is 2.73. The summed E-state index contributed by atoms with van der Waals surface area (Å²) in [6.45, 7) is 4.26.